The minimum absolute atomic E-state index is 0.127. The monoisotopic (exact) mass is 914 g/mol. The van der Waals surface area contributed by atoms with Gasteiger partial charge in [-0.2, -0.15) is 0 Å². The molecular weight excluding hydrogens is 890 g/mol. The van der Waals surface area contributed by atoms with Crippen molar-refractivity contribution in [1.29, 1.82) is 0 Å². The van der Waals surface area contributed by atoms with Gasteiger partial charge in [-0.05, 0) is 92.4 Å². The lowest BCUT2D eigenvalue weighted by molar-refractivity contribution is 0.104. The van der Waals surface area contributed by atoms with E-state index in [1.807, 2.05) is 60.7 Å². The third-order valence-electron chi connectivity index (χ3n) is 9.28. The van der Waals surface area contributed by atoms with Gasteiger partial charge in [0.15, 0.2) is 5.78 Å². The average molecular weight is 918 g/mol. The maximum Gasteiger partial charge on any atom is 0.339 e. The number of hydrogen-bond acceptors (Lipinski definition) is 4. The summed E-state index contributed by atoms with van der Waals surface area (Å²) in [5, 5.41) is 5.41. The Morgan fingerprint density at radius 3 is 1.48 bits per heavy atom. The minimum atomic E-state index is -3.22. The van der Waals surface area contributed by atoms with Crippen LogP contribution < -0.4 is 4.74 Å². The van der Waals surface area contributed by atoms with Crippen molar-refractivity contribution in [3.05, 3.63) is 206 Å². The van der Waals surface area contributed by atoms with Gasteiger partial charge in [-0.3, -0.25) is 9.36 Å². The summed E-state index contributed by atoms with van der Waals surface area (Å²) >= 11 is 21.2. The van der Waals surface area contributed by atoms with Gasteiger partial charge >= 0.3 is 5.20 Å². The van der Waals surface area contributed by atoms with Crippen molar-refractivity contribution in [1.82, 2.24) is 0 Å². The number of para-hydroxylation sites is 3. The Bertz CT molecular complexity index is 2520. The first-order chi connectivity index (χ1) is 26.0. The number of fused-ring (bicyclic) bond motifs is 12. The fourth-order valence-electron chi connectivity index (χ4n) is 7.32. The molecule has 0 unspecified atom stereocenters. The quantitative estimate of drug-likeness (QED) is 0.154. The van der Waals surface area contributed by atoms with Crippen LogP contribution in [-0.4, -0.2) is 10.9 Å². The summed E-state index contributed by atoms with van der Waals surface area (Å²) in [4.78, 5) is 12.0. The largest absolute Gasteiger partial charge is 0.508 e. The molecule has 0 radical (unpaired) electrons. The number of ether oxygens (including phenoxy) is 1. The van der Waals surface area contributed by atoms with E-state index in [1.54, 1.807) is 24.3 Å². The third-order valence-corrected chi connectivity index (χ3v) is 10.6. The molecule has 0 fully saturated rings. The number of benzene rings is 7. The van der Waals surface area contributed by atoms with E-state index in [2.05, 4.69) is 144 Å². The molecule has 2 aliphatic carbocycles. The van der Waals surface area contributed by atoms with Gasteiger partial charge in [-0.25, -0.2) is 0 Å². The molecule has 1 N–H and O–H groups in total. The van der Waals surface area contributed by atoms with Crippen LogP contribution in [0.5, 0.6) is 17.2 Å². The van der Waals surface area contributed by atoms with Gasteiger partial charge in [0, 0.05) is 42.3 Å². The molecule has 1 aliphatic heterocycles. The van der Waals surface area contributed by atoms with E-state index in [-0.39, 0.29) is 11.2 Å². The summed E-state index contributed by atoms with van der Waals surface area (Å²) in [7, 11) is 0. The smallest absolute Gasteiger partial charge is 0.339 e. The number of phenols is 1. The third kappa shape index (κ3) is 7.32. The second-order valence-corrected chi connectivity index (χ2v) is 20.7. The summed E-state index contributed by atoms with van der Waals surface area (Å²) < 4.78 is 17.9. The normalized spacial score (nSPS) is 13.0. The van der Waals surface area contributed by atoms with Crippen LogP contribution in [0.4, 0.5) is 0 Å². The Labute approximate surface area is 344 Å². The van der Waals surface area contributed by atoms with Gasteiger partial charge in [0.25, 0.3) is 0 Å². The summed E-state index contributed by atoms with van der Waals surface area (Å²) in [5.41, 5.74) is 10.9. The minimum Gasteiger partial charge on any atom is -0.508 e. The Hall–Kier alpha value is -4.13. The Kier molecular flexibility index (Phi) is 11.2. The van der Waals surface area contributed by atoms with Crippen molar-refractivity contribution in [2.75, 3.05) is 0 Å². The molecule has 7 aromatic rings. The number of rotatable bonds is 0. The van der Waals surface area contributed by atoms with Crippen molar-refractivity contribution >= 4 is 76.6 Å². The number of carbonyl (C=O) groups is 1. The fraction of sp³-hybridized carbons (Fsp3) is 0.0227. The zero-order chi connectivity index (χ0) is 38.0. The molecule has 0 saturated carbocycles. The first-order valence-corrected chi connectivity index (χ1v) is 22.6. The van der Waals surface area contributed by atoms with E-state index >= 15 is 0 Å². The summed E-state index contributed by atoms with van der Waals surface area (Å²) in [6.07, 6.45) is 0. The lowest BCUT2D eigenvalue weighted by Crippen LogP contribution is -2.32. The highest BCUT2D eigenvalue weighted by Crippen LogP contribution is 2.63. The maximum atomic E-state index is 12.0. The molecule has 1 spiro atoms. The van der Waals surface area contributed by atoms with Crippen LogP contribution in [0.15, 0.2) is 173 Å². The van der Waals surface area contributed by atoms with E-state index in [1.165, 1.54) is 33.4 Å². The van der Waals surface area contributed by atoms with E-state index in [0.717, 1.165) is 42.7 Å². The fourth-order valence-corrected chi connectivity index (χ4v) is 8.48. The predicted octanol–water partition coefficient (Wildman–Crippen LogP) is 14.8. The van der Waals surface area contributed by atoms with Gasteiger partial charge < -0.3 is 9.84 Å². The number of aromatic hydroxyl groups is 1. The topological polar surface area (TPSA) is 63.6 Å². The van der Waals surface area contributed by atoms with Crippen LogP contribution in [0.25, 0.3) is 22.3 Å². The molecule has 7 aromatic carbocycles. The Morgan fingerprint density at radius 1 is 0.481 bits per heavy atom. The molecule has 4 nitrogen and oxygen atoms in total. The molecule has 0 aromatic heterocycles. The van der Waals surface area contributed by atoms with Crippen LogP contribution in [0.2, 0.25) is 0 Å². The number of hydrogen-bond donors (Lipinski definition) is 1. The number of halogens is 5. The molecule has 0 saturated heterocycles. The van der Waals surface area contributed by atoms with Crippen molar-refractivity contribution in [3.8, 4) is 39.5 Å². The van der Waals surface area contributed by atoms with Crippen molar-refractivity contribution in [2.24, 2.45) is 0 Å². The van der Waals surface area contributed by atoms with E-state index in [0.29, 0.717) is 5.75 Å². The molecule has 0 atom stereocenters. The molecule has 10 rings (SSSR count). The van der Waals surface area contributed by atoms with E-state index in [4.69, 9.17) is 9.84 Å². The highest BCUT2D eigenvalue weighted by Gasteiger charge is 2.51. The zero-order valence-corrected chi connectivity index (χ0v) is 34.4. The highest BCUT2D eigenvalue weighted by atomic mass is 79.9. The zero-order valence-electron chi connectivity index (χ0n) is 28.1. The summed E-state index contributed by atoms with van der Waals surface area (Å²) in [6, 6.07) is 54.3. The molecule has 0 amide bonds. The highest BCUT2D eigenvalue weighted by molar-refractivity contribution is 9.11. The van der Waals surface area contributed by atoms with Gasteiger partial charge in [0.05, 0.1) is 5.41 Å². The molecule has 1 heterocycles. The molecule has 10 heteroatoms. The van der Waals surface area contributed by atoms with Crippen molar-refractivity contribution in [3.63, 3.8) is 0 Å². The Morgan fingerprint density at radius 2 is 0.907 bits per heavy atom. The lowest BCUT2D eigenvalue weighted by Gasteiger charge is -2.39. The van der Waals surface area contributed by atoms with Crippen LogP contribution in [0.3, 0.4) is 0 Å². The molecule has 54 heavy (non-hydrogen) atoms. The first kappa shape index (κ1) is 38.2. The molecule has 3 aliphatic rings. The first-order valence-electron chi connectivity index (χ1n) is 16.6. The van der Waals surface area contributed by atoms with Crippen LogP contribution in [0.1, 0.15) is 38.2 Å². The van der Waals surface area contributed by atoms with Crippen molar-refractivity contribution in [2.45, 2.75) is 5.41 Å². The molecule has 0 bridgehead atoms. The van der Waals surface area contributed by atoms with Crippen LogP contribution in [0, 0.1) is 0 Å². The summed E-state index contributed by atoms with van der Waals surface area (Å²) in [5.74, 6) is 2.31. The lowest BCUT2D eigenvalue weighted by atomic mass is 9.66. The maximum absolute atomic E-state index is 12.0. The van der Waals surface area contributed by atoms with E-state index in [9.17, 15) is 9.36 Å². The second kappa shape index (κ2) is 15.9. The van der Waals surface area contributed by atoms with Crippen LogP contribution >= 0.6 is 70.8 Å². The van der Waals surface area contributed by atoms with Gasteiger partial charge in [0.1, 0.15) is 17.2 Å². The SMILES string of the molecule is Brc1cccc2c1-c1ccccc1C21c2ccccc2Oc2ccccc21.O=C1c2ccccc2-c2c(Br)cccc21.O=P(Cl)(Cl)Cl.Oc1ccccc1. The molecule has 268 valence electrons. The van der Waals surface area contributed by atoms with Gasteiger partial charge in [-0.1, -0.05) is 159 Å². The predicted molar refractivity (Wildman–Crippen MR) is 228 cm³/mol. The van der Waals surface area contributed by atoms with Crippen molar-refractivity contribution < 1.29 is 19.2 Å². The number of ketones is 1. The van der Waals surface area contributed by atoms with Crippen LogP contribution in [-0.2, 0) is 9.98 Å². The molecular formula is C44H28Br2Cl3O4P. The average Bonchev–Trinajstić information content (AvgIpc) is 3.63. The van der Waals surface area contributed by atoms with Gasteiger partial charge in [0.2, 0.25) is 0 Å². The number of phenolic OH excluding ortho intramolecular Hbond substituents is 1. The second-order valence-electron chi connectivity index (χ2n) is 12.3. The number of carbonyl (C=O) groups excluding carboxylic acids is 1. The summed E-state index contributed by atoms with van der Waals surface area (Å²) in [6.45, 7) is 0. The standard InChI is InChI=1S/C25H15BrO.C13H7BrO.C6H6O.Cl3OP/c26-21-13-7-12-20-24(21)16-8-1-2-9-17(16)25(20)18-10-3-5-14-22(18)27-23-15-6-4-11-19(23)25;14-11-7-3-6-10-12(11)8-4-1-2-5-9(8)13(10)15;7-6-4-2-1-3-5-6;1-5(2,3)4/h1-15H;1-7H;1-5,7H;. The van der Waals surface area contributed by atoms with E-state index < -0.39 is 5.20 Å². The Balaban J connectivity index is 0.000000139. The van der Waals surface area contributed by atoms with Gasteiger partial charge in [-0.15, -0.1) is 0 Å².